The monoisotopic (exact) mass is 387 g/mol. The average Bonchev–Trinajstić information content (AvgIpc) is 3.02. The van der Waals surface area contributed by atoms with Crippen LogP contribution in [0.2, 0.25) is 10.0 Å². The Morgan fingerprint density at radius 3 is 2.72 bits per heavy atom. The van der Waals surface area contributed by atoms with Gasteiger partial charge in [0.25, 0.3) is 0 Å². The second-order valence-corrected chi connectivity index (χ2v) is 7.34. The molecule has 2 fully saturated rings. The van der Waals surface area contributed by atoms with E-state index in [4.69, 9.17) is 27.9 Å². The van der Waals surface area contributed by atoms with E-state index in [2.05, 4.69) is 10.2 Å². The lowest BCUT2D eigenvalue weighted by molar-refractivity contribution is 0.0509. The first-order valence-electron chi connectivity index (χ1n) is 8.55. The number of nitrogens with one attached hydrogen (secondary N) is 1. The van der Waals surface area contributed by atoms with Gasteiger partial charge < -0.3 is 25.0 Å². The largest absolute Gasteiger partial charge is 0.489 e. The highest BCUT2D eigenvalue weighted by Crippen LogP contribution is 2.27. The van der Waals surface area contributed by atoms with Crippen LogP contribution in [0.15, 0.2) is 18.2 Å². The van der Waals surface area contributed by atoms with E-state index in [9.17, 15) is 9.90 Å². The van der Waals surface area contributed by atoms with Gasteiger partial charge in [0.15, 0.2) is 0 Å². The molecule has 0 aliphatic carbocycles. The van der Waals surface area contributed by atoms with Gasteiger partial charge >= 0.3 is 6.03 Å². The number of carbonyl (C=O) groups is 1. The van der Waals surface area contributed by atoms with Crippen molar-refractivity contribution in [2.75, 3.05) is 39.3 Å². The second-order valence-electron chi connectivity index (χ2n) is 6.50. The summed E-state index contributed by atoms with van der Waals surface area (Å²) in [5.41, 5.74) is 0. The van der Waals surface area contributed by atoms with Gasteiger partial charge in [-0.15, -0.1) is 0 Å². The highest BCUT2D eigenvalue weighted by molar-refractivity contribution is 6.34. The van der Waals surface area contributed by atoms with Crippen LogP contribution >= 0.6 is 23.2 Å². The third-order valence-electron chi connectivity index (χ3n) is 4.68. The number of hydrogen-bond acceptors (Lipinski definition) is 4. The van der Waals surface area contributed by atoms with Crippen molar-refractivity contribution in [3.05, 3.63) is 28.2 Å². The molecule has 1 atom stereocenters. The van der Waals surface area contributed by atoms with Crippen LogP contribution in [0.4, 0.5) is 4.79 Å². The number of hydrogen-bond donors (Lipinski definition) is 2. The summed E-state index contributed by atoms with van der Waals surface area (Å²) in [5.74, 6) is 0.479. The van der Waals surface area contributed by atoms with E-state index in [1.54, 1.807) is 18.2 Å². The molecule has 0 saturated carbocycles. The highest BCUT2D eigenvalue weighted by Gasteiger charge is 2.31. The molecule has 1 aromatic rings. The Kier molecular flexibility index (Phi) is 6.28. The Morgan fingerprint density at radius 2 is 2.04 bits per heavy atom. The van der Waals surface area contributed by atoms with E-state index in [-0.39, 0.29) is 12.6 Å². The Morgan fingerprint density at radius 1 is 1.28 bits per heavy atom. The number of amides is 2. The number of likely N-dealkylation sites (tertiary alicyclic amines) is 1. The maximum Gasteiger partial charge on any atom is 0.317 e. The summed E-state index contributed by atoms with van der Waals surface area (Å²) in [5, 5.41) is 14.1. The summed E-state index contributed by atoms with van der Waals surface area (Å²) in [6, 6.07) is 5.36. The minimum Gasteiger partial charge on any atom is -0.489 e. The minimum absolute atomic E-state index is 0.0466. The van der Waals surface area contributed by atoms with Crippen LogP contribution in [0, 0.1) is 0 Å². The molecule has 0 spiro atoms. The highest BCUT2D eigenvalue weighted by atomic mass is 35.5. The third-order valence-corrected chi connectivity index (χ3v) is 5.23. The van der Waals surface area contributed by atoms with Gasteiger partial charge in [0.2, 0.25) is 0 Å². The van der Waals surface area contributed by atoms with Gasteiger partial charge in [-0.3, -0.25) is 0 Å². The SMILES string of the molecule is O=C1NCCN1C1CCN(CC(O)COc2cc(Cl)ccc2Cl)CC1. The van der Waals surface area contributed by atoms with Crippen molar-refractivity contribution in [3.8, 4) is 5.75 Å². The van der Waals surface area contributed by atoms with E-state index < -0.39 is 6.10 Å². The Balaban J connectivity index is 1.41. The number of nitrogens with zero attached hydrogens (tertiary/aromatic N) is 2. The lowest BCUT2D eigenvalue weighted by atomic mass is 10.0. The van der Waals surface area contributed by atoms with E-state index in [0.717, 1.165) is 39.0 Å². The predicted molar refractivity (Wildman–Crippen MR) is 97.5 cm³/mol. The van der Waals surface area contributed by atoms with Crippen LogP contribution < -0.4 is 10.1 Å². The van der Waals surface area contributed by atoms with Gasteiger partial charge in [-0.2, -0.15) is 0 Å². The number of aliphatic hydroxyl groups is 1. The van der Waals surface area contributed by atoms with E-state index in [1.165, 1.54) is 0 Å². The predicted octanol–water partition coefficient (Wildman–Crippen LogP) is 2.22. The van der Waals surface area contributed by atoms with Crippen LogP contribution in [0.3, 0.4) is 0 Å². The number of rotatable bonds is 6. The fourth-order valence-corrected chi connectivity index (χ4v) is 3.71. The Labute approximate surface area is 157 Å². The van der Waals surface area contributed by atoms with Gasteiger partial charge in [-0.25, -0.2) is 4.79 Å². The van der Waals surface area contributed by atoms with Crippen LogP contribution in [-0.4, -0.2) is 72.4 Å². The molecule has 3 rings (SSSR count). The lowest BCUT2D eigenvalue weighted by Crippen LogP contribution is -2.48. The Bertz CT molecular complexity index is 609. The molecule has 0 radical (unpaired) electrons. The molecular weight excluding hydrogens is 365 g/mol. The van der Waals surface area contributed by atoms with Crippen molar-refractivity contribution < 1.29 is 14.6 Å². The third kappa shape index (κ3) is 4.91. The van der Waals surface area contributed by atoms with E-state index in [0.29, 0.717) is 28.4 Å². The molecule has 1 unspecified atom stereocenters. The smallest absolute Gasteiger partial charge is 0.317 e. The summed E-state index contributed by atoms with van der Waals surface area (Å²) >= 11 is 12.0. The zero-order valence-corrected chi connectivity index (χ0v) is 15.5. The number of benzene rings is 1. The van der Waals surface area contributed by atoms with Crippen molar-refractivity contribution >= 4 is 29.2 Å². The fraction of sp³-hybridized carbons (Fsp3) is 0.588. The second kappa shape index (κ2) is 8.45. The molecule has 2 N–H and O–H groups in total. The van der Waals surface area contributed by atoms with Crippen molar-refractivity contribution in [1.82, 2.24) is 15.1 Å². The molecule has 6 nitrogen and oxygen atoms in total. The van der Waals surface area contributed by atoms with Gasteiger partial charge in [0.1, 0.15) is 18.5 Å². The summed E-state index contributed by atoms with van der Waals surface area (Å²) in [6.45, 7) is 3.96. The molecule has 2 aliphatic heterocycles. The number of halogens is 2. The first-order chi connectivity index (χ1) is 12.0. The quantitative estimate of drug-likeness (QED) is 0.785. The number of aliphatic hydroxyl groups excluding tert-OH is 1. The zero-order chi connectivity index (χ0) is 17.8. The van der Waals surface area contributed by atoms with Crippen molar-refractivity contribution in [3.63, 3.8) is 0 Å². The zero-order valence-electron chi connectivity index (χ0n) is 14.0. The van der Waals surface area contributed by atoms with Gasteiger partial charge in [-0.1, -0.05) is 23.2 Å². The Hall–Kier alpha value is -1.21. The number of carbonyl (C=O) groups excluding carboxylic acids is 1. The molecule has 2 heterocycles. The van der Waals surface area contributed by atoms with Crippen LogP contribution in [0.1, 0.15) is 12.8 Å². The van der Waals surface area contributed by atoms with Crippen molar-refractivity contribution in [2.45, 2.75) is 25.0 Å². The lowest BCUT2D eigenvalue weighted by Gasteiger charge is -2.36. The van der Waals surface area contributed by atoms with E-state index in [1.807, 2.05) is 4.90 Å². The normalized spacial score (nSPS) is 20.6. The minimum atomic E-state index is -0.610. The maximum absolute atomic E-state index is 11.7. The average molecular weight is 388 g/mol. The first kappa shape index (κ1) is 18.6. The molecule has 0 aromatic heterocycles. The molecular formula is C17H23Cl2N3O3. The standard InChI is InChI=1S/C17H23Cl2N3O3/c18-12-1-2-15(19)16(9-12)25-11-14(23)10-21-6-3-13(4-7-21)22-8-5-20-17(22)24/h1-2,9,13-14,23H,3-8,10-11H2,(H,20,24). The molecule has 2 saturated heterocycles. The fourth-order valence-electron chi connectivity index (χ4n) is 3.37. The number of piperidine rings is 1. The first-order valence-corrected chi connectivity index (χ1v) is 9.31. The molecule has 25 heavy (non-hydrogen) atoms. The van der Waals surface area contributed by atoms with Crippen LogP contribution in [-0.2, 0) is 0 Å². The molecule has 138 valence electrons. The summed E-state index contributed by atoms with van der Waals surface area (Å²) in [7, 11) is 0. The summed E-state index contributed by atoms with van der Waals surface area (Å²) < 4.78 is 5.58. The summed E-state index contributed by atoms with van der Waals surface area (Å²) in [4.78, 5) is 15.9. The van der Waals surface area contributed by atoms with Crippen LogP contribution in [0.5, 0.6) is 5.75 Å². The van der Waals surface area contributed by atoms with Gasteiger partial charge in [0, 0.05) is 49.9 Å². The maximum atomic E-state index is 11.7. The molecule has 0 bridgehead atoms. The molecule has 1 aromatic carbocycles. The molecule has 2 amide bonds. The van der Waals surface area contributed by atoms with Gasteiger partial charge in [0.05, 0.1) is 5.02 Å². The van der Waals surface area contributed by atoms with Crippen LogP contribution in [0.25, 0.3) is 0 Å². The molecule has 2 aliphatic rings. The van der Waals surface area contributed by atoms with Gasteiger partial charge in [-0.05, 0) is 25.0 Å². The summed E-state index contributed by atoms with van der Waals surface area (Å²) in [6.07, 6.45) is 1.25. The number of urea groups is 1. The van der Waals surface area contributed by atoms with E-state index >= 15 is 0 Å². The number of ether oxygens (including phenoxy) is 1. The number of β-amino-alcohol motifs (C(OH)–C–C–N with tert-alkyl or cyclic N) is 1. The topological polar surface area (TPSA) is 65.0 Å². The molecule has 8 heteroatoms. The van der Waals surface area contributed by atoms with Crippen molar-refractivity contribution in [2.24, 2.45) is 0 Å². The van der Waals surface area contributed by atoms with Crippen molar-refractivity contribution in [1.29, 1.82) is 0 Å².